The molecule has 1 aromatic rings. The lowest BCUT2D eigenvalue weighted by atomic mass is 10.1. The summed E-state index contributed by atoms with van der Waals surface area (Å²) in [6.07, 6.45) is 8.13. The molecule has 0 saturated heterocycles. The van der Waals surface area contributed by atoms with Crippen molar-refractivity contribution in [1.29, 1.82) is 0 Å². The van der Waals surface area contributed by atoms with Crippen molar-refractivity contribution >= 4 is 0 Å². The largest absolute Gasteiger partial charge is 0.338 e. The van der Waals surface area contributed by atoms with Crippen LogP contribution in [0.4, 0.5) is 0 Å². The molecule has 0 aliphatic carbocycles. The Morgan fingerprint density at radius 2 is 2.36 bits per heavy atom. The standard InChI is InChI=1S/C10H20N4/c1-3-4-9(13-11)5-6-10-12-7-8-14(10)2/h7-9,13H,3-6,11H2,1-2H3. The fraction of sp³-hybridized carbons (Fsp3) is 0.700. The summed E-state index contributed by atoms with van der Waals surface area (Å²) < 4.78 is 2.06. The van der Waals surface area contributed by atoms with Gasteiger partial charge in [-0.15, -0.1) is 0 Å². The summed E-state index contributed by atoms with van der Waals surface area (Å²) in [5.41, 5.74) is 2.85. The van der Waals surface area contributed by atoms with Gasteiger partial charge in [0.25, 0.3) is 0 Å². The van der Waals surface area contributed by atoms with Crippen LogP contribution in [-0.2, 0) is 13.5 Å². The smallest absolute Gasteiger partial charge is 0.108 e. The van der Waals surface area contributed by atoms with Gasteiger partial charge in [-0.2, -0.15) is 0 Å². The van der Waals surface area contributed by atoms with Crippen LogP contribution in [0.3, 0.4) is 0 Å². The molecule has 0 aliphatic rings. The number of hydrogen-bond donors (Lipinski definition) is 2. The summed E-state index contributed by atoms with van der Waals surface area (Å²) in [7, 11) is 2.02. The normalized spacial score (nSPS) is 13.1. The average Bonchev–Trinajstić information content (AvgIpc) is 2.59. The van der Waals surface area contributed by atoms with Crippen LogP contribution in [0, 0.1) is 0 Å². The van der Waals surface area contributed by atoms with Crippen LogP contribution in [0.15, 0.2) is 12.4 Å². The minimum Gasteiger partial charge on any atom is -0.338 e. The van der Waals surface area contributed by atoms with Gasteiger partial charge in [0.1, 0.15) is 5.82 Å². The van der Waals surface area contributed by atoms with Crippen molar-refractivity contribution < 1.29 is 0 Å². The highest BCUT2D eigenvalue weighted by molar-refractivity contribution is 4.91. The SMILES string of the molecule is CCCC(CCc1nccn1C)NN. The maximum Gasteiger partial charge on any atom is 0.108 e. The summed E-state index contributed by atoms with van der Waals surface area (Å²) in [5, 5.41) is 0. The van der Waals surface area contributed by atoms with E-state index in [0.29, 0.717) is 6.04 Å². The number of imidazole rings is 1. The zero-order valence-electron chi connectivity index (χ0n) is 9.03. The molecule has 1 unspecified atom stereocenters. The topological polar surface area (TPSA) is 55.9 Å². The molecule has 4 nitrogen and oxygen atoms in total. The molecule has 4 heteroatoms. The molecular weight excluding hydrogens is 176 g/mol. The van der Waals surface area contributed by atoms with Crippen LogP contribution in [0.1, 0.15) is 32.0 Å². The van der Waals surface area contributed by atoms with Crippen molar-refractivity contribution in [2.75, 3.05) is 0 Å². The molecule has 0 aliphatic heterocycles. The Morgan fingerprint density at radius 3 is 2.86 bits per heavy atom. The van der Waals surface area contributed by atoms with E-state index < -0.39 is 0 Å². The molecule has 0 fully saturated rings. The summed E-state index contributed by atoms with van der Waals surface area (Å²) in [5.74, 6) is 6.59. The predicted molar refractivity (Wildman–Crippen MR) is 57.5 cm³/mol. The van der Waals surface area contributed by atoms with Gasteiger partial charge in [0, 0.05) is 31.9 Å². The second-order valence-corrected chi connectivity index (χ2v) is 3.65. The number of hydrogen-bond acceptors (Lipinski definition) is 3. The monoisotopic (exact) mass is 196 g/mol. The first kappa shape index (κ1) is 11.2. The van der Waals surface area contributed by atoms with Crippen molar-refractivity contribution in [3.05, 3.63) is 18.2 Å². The summed E-state index contributed by atoms with van der Waals surface area (Å²) in [6, 6.07) is 0.414. The molecule has 0 aromatic carbocycles. The van der Waals surface area contributed by atoms with Gasteiger partial charge in [-0.3, -0.25) is 11.3 Å². The Kier molecular flexibility index (Phi) is 4.62. The van der Waals surface area contributed by atoms with E-state index in [4.69, 9.17) is 5.84 Å². The summed E-state index contributed by atoms with van der Waals surface area (Å²) >= 11 is 0. The highest BCUT2D eigenvalue weighted by atomic mass is 15.2. The summed E-state index contributed by atoms with van der Waals surface area (Å²) in [6.45, 7) is 2.17. The van der Waals surface area contributed by atoms with E-state index >= 15 is 0 Å². The zero-order chi connectivity index (χ0) is 10.4. The molecule has 0 radical (unpaired) electrons. The fourth-order valence-electron chi connectivity index (χ4n) is 1.60. The van der Waals surface area contributed by atoms with Crippen LogP contribution in [0.5, 0.6) is 0 Å². The first-order valence-electron chi connectivity index (χ1n) is 5.20. The van der Waals surface area contributed by atoms with Crippen molar-refractivity contribution in [1.82, 2.24) is 15.0 Å². The Hall–Kier alpha value is -0.870. The number of hydrazine groups is 1. The predicted octanol–water partition coefficient (Wildman–Crippen LogP) is 0.985. The molecule has 0 bridgehead atoms. The van der Waals surface area contributed by atoms with Gasteiger partial charge in [0.2, 0.25) is 0 Å². The second-order valence-electron chi connectivity index (χ2n) is 3.65. The molecule has 1 atom stereocenters. The van der Waals surface area contributed by atoms with E-state index in [9.17, 15) is 0 Å². The molecule has 14 heavy (non-hydrogen) atoms. The van der Waals surface area contributed by atoms with Crippen molar-refractivity contribution in [3.63, 3.8) is 0 Å². The lowest BCUT2D eigenvalue weighted by Gasteiger charge is -2.14. The van der Waals surface area contributed by atoms with Gasteiger partial charge >= 0.3 is 0 Å². The maximum atomic E-state index is 5.46. The van der Waals surface area contributed by atoms with Gasteiger partial charge < -0.3 is 4.57 Å². The molecule has 0 saturated carbocycles. The molecule has 0 spiro atoms. The molecule has 80 valence electrons. The number of rotatable bonds is 6. The lowest BCUT2D eigenvalue weighted by Crippen LogP contribution is -2.35. The van der Waals surface area contributed by atoms with E-state index in [1.54, 1.807) is 0 Å². The molecular formula is C10H20N4. The van der Waals surface area contributed by atoms with Crippen LogP contribution >= 0.6 is 0 Å². The van der Waals surface area contributed by atoms with Crippen LogP contribution < -0.4 is 11.3 Å². The third-order valence-electron chi connectivity index (χ3n) is 2.51. The Labute approximate surface area is 85.5 Å². The first-order chi connectivity index (χ1) is 6.77. The van der Waals surface area contributed by atoms with Gasteiger partial charge in [0.05, 0.1) is 0 Å². The number of nitrogens with zero attached hydrogens (tertiary/aromatic N) is 2. The van der Waals surface area contributed by atoms with Crippen LogP contribution in [-0.4, -0.2) is 15.6 Å². The van der Waals surface area contributed by atoms with E-state index in [2.05, 4.69) is 21.9 Å². The van der Waals surface area contributed by atoms with Gasteiger partial charge in [-0.25, -0.2) is 4.98 Å². The fourth-order valence-corrected chi connectivity index (χ4v) is 1.60. The molecule has 1 heterocycles. The minimum absolute atomic E-state index is 0.414. The van der Waals surface area contributed by atoms with Crippen molar-refractivity contribution in [2.24, 2.45) is 12.9 Å². The van der Waals surface area contributed by atoms with Gasteiger partial charge in [-0.05, 0) is 12.8 Å². The summed E-state index contributed by atoms with van der Waals surface area (Å²) in [4.78, 5) is 4.28. The van der Waals surface area contributed by atoms with E-state index in [0.717, 1.165) is 31.5 Å². The number of nitrogens with one attached hydrogen (secondary N) is 1. The highest BCUT2D eigenvalue weighted by Gasteiger charge is 2.07. The molecule has 0 amide bonds. The van der Waals surface area contributed by atoms with Crippen LogP contribution in [0.2, 0.25) is 0 Å². The number of nitrogens with two attached hydrogens (primary N) is 1. The number of aromatic nitrogens is 2. The highest BCUT2D eigenvalue weighted by Crippen LogP contribution is 2.06. The van der Waals surface area contributed by atoms with E-state index in [1.807, 2.05) is 19.4 Å². The zero-order valence-corrected chi connectivity index (χ0v) is 9.03. The van der Waals surface area contributed by atoms with Crippen LogP contribution in [0.25, 0.3) is 0 Å². The van der Waals surface area contributed by atoms with Crippen molar-refractivity contribution in [2.45, 2.75) is 38.6 Å². The van der Waals surface area contributed by atoms with Gasteiger partial charge in [0.15, 0.2) is 0 Å². The third kappa shape index (κ3) is 3.12. The van der Waals surface area contributed by atoms with Crippen molar-refractivity contribution in [3.8, 4) is 0 Å². The Bertz CT molecular complexity index is 256. The molecule has 1 aromatic heterocycles. The van der Waals surface area contributed by atoms with Gasteiger partial charge in [-0.1, -0.05) is 13.3 Å². The number of aryl methyl sites for hydroxylation is 2. The van der Waals surface area contributed by atoms with E-state index in [-0.39, 0.29) is 0 Å². The molecule has 3 N–H and O–H groups in total. The quantitative estimate of drug-likeness (QED) is 0.527. The Morgan fingerprint density at radius 1 is 1.57 bits per heavy atom. The maximum absolute atomic E-state index is 5.46. The minimum atomic E-state index is 0.414. The first-order valence-corrected chi connectivity index (χ1v) is 5.20. The molecule has 1 rings (SSSR count). The lowest BCUT2D eigenvalue weighted by molar-refractivity contribution is 0.453. The average molecular weight is 196 g/mol. The Balaban J connectivity index is 2.35. The third-order valence-corrected chi connectivity index (χ3v) is 2.51. The second kappa shape index (κ2) is 5.78. The van der Waals surface area contributed by atoms with E-state index in [1.165, 1.54) is 0 Å².